The number of benzene rings is 1. The molecule has 0 heterocycles. The molecule has 0 saturated heterocycles. The Labute approximate surface area is 90.4 Å². The van der Waals surface area contributed by atoms with Gasteiger partial charge in [0, 0.05) is 12.8 Å². The average molecular weight is 255 g/mol. The predicted octanol–water partition coefficient (Wildman–Crippen LogP) is 3.18. The number of ketones is 1. The maximum absolute atomic E-state index is 13.4. The van der Waals surface area contributed by atoms with E-state index in [0.717, 1.165) is 0 Å². The first-order valence-corrected chi connectivity index (χ1v) is 4.86. The monoisotopic (exact) mass is 254 g/mol. The van der Waals surface area contributed by atoms with Gasteiger partial charge in [-0.2, -0.15) is 0 Å². The molecule has 0 radical (unpaired) electrons. The minimum Gasteiger partial charge on any atom is -0.294 e. The van der Waals surface area contributed by atoms with Crippen LogP contribution in [0.5, 0.6) is 0 Å². The largest absolute Gasteiger partial charge is 0.294 e. The molecule has 72 valence electrons. The highest BCUT2D eigenvalue weighted by Gasteiger charge is 2.12. The zero-order valence-electron chi connectivity index (χ0n) is 7.39. The van der Waals surface area contributed by atoms with Crippen LogP contribution in [-0.2, 0) is 0 Å². The number of hydrogen-bond acceptors (Lipinski definition) is 1. The third kappa shape index (κ3) is 2.43. The van der Waals surface area contributed by atoms with Gasteiger partial charge in [0.1, 0.15) is 5.82 Å². The molecule has 0 amide bonds. The molecule has 0 saturated carbocycles. The number of rotatable bonds is 3. The Balaban J connectivity index is 2.91. The SMILES string of the molecule is C#CCCC(=O)c1cccc(Br)c1F. The maximum Gasteiger partial charge on any atom is 0.166 e. The fourth-order valence-electron chi connectivity index (χ4n) is 1.04. The van der Waals surface area contributed by atoms with Crippen molar-refractivity contribution in [3.05, 3.63) is 34.1 Å². The summed E-state index contributed by atoms with van der Waals surface area (Å²) in [7, 11) is 0. The summed E-state index contributed by atoms with van der Waals surface area (Å²) in [5.74, 6) is 1.57. The van der Waals surface area contributed by atoms with Gasteiger partial charge in [-0.25, -0.2) is 4.39 Å². The van der Waals surface area contributed by atoms with E-state index in [9.17, 15) is 9.18 Å². The number of halogens is 2. The highest BCUT2D eigenvalue weighted by Crippen LogP contribution is 2.19. The summed E-state index contributed by atoms with van der Waals surface area (Å²) in [5.41, 5.74) is 0.0922. The number of carbonyl (C=O) groups excluding carboxylic acids is 1. The van der Waals surface area contributed by atoms with Gasteiger partial charge >= 0.3 is 0 Å². The van der Waals surface area contributed by atoms with Gasteiger partial charge in [0.05, 0.1) is 10.0 Å². The Hall–Kier alpha value is -1.14. The zero-order valence-corrected chi connectivity index (χ0v) is 8.97. The molecule has 0 atom stereocenters. The number of carbonyl (C=O) groups is 1. The highest BCUT2D eigenvalue weighted by atomic mass is 79.9. The zero-order chi connectivity index (χ0) is 10.6. The van der Waals surface area contributed by atoms with Crippen molar-refractivity contribution in [2.24, 2.45) is 0 Å². The first kappa shape index (κ1) is 10.9. The fourth-order valence-corrected chi connectivity index (χ4v) is 1.41. The minimum atomic E-state index is -0.519. The molecule has 0 aromatic heterocycles. The van der Waals surface area contributed by atoms with E-state index in [4.69, 9.17) is 6.42 Å². The first-order valence-electron chi connectivity index (χ1n) is 4.07. The Morgan fingerprint density at radius 3 is 2.93 bits per heavy atom. The van der Waals surface area contributed by atoms with Crippen LogP contribution in [0, 0.1) is 18.2 Å². The Morgan fingerprint density at radius 1 is 1.57 bits per heavy atom. The summed E-state index contributed by atoms with van der Waals surface area (Å²) in [6.45, 7) is 0. The Morgan fingerprint density at radius 2 is 2.29 bits per heavy atom. The van der Waals surface area contributed by atoms with E-state index in [2.05, 4.69) is 21.9 Å². The quantitative estimate of drug-likeness (QED) is 0.598. The second-order valence-electron chi connectivity index (χ2n) is 2.73. The van der Waals surface area contributed by atoms with Crippen LogP contribution in [0.2, 0.25) is 0 Å². The lowest BCUT2D eigenvalue weighted by atomic mass is 10.1. The summed E-state index contributed by atoms with van der Waals surface area (Å²) >= 11 is 3.01. The predicted molar refractivity (Wildman–Crippen MR) is 56.5 cm³/mol. The minimum absolute atomic E-state index is 0.0922. The van der Waals surface area contributed by atoms with Gasteiger partial charge in [-0.1, -0.05) is 6.07 Å². The molecule has 0 spiro atoms. The second-order valence-corrected chi connectivity index (χ2v) is 3.58. The second kappa shape index (κ2) is 4.92. The molecule has 3 heteroatoms. The number of hydrogen-bond donors (Lipinski definition) is 0. The van der Waals surface area contributed by atoms with E-state index >= 15 is 0 Å². The Bertz CT molecular complexity index is 393. The molecule has 0 bridgehead atoms. The van der Waals surface area contributed by atoms with Gasteiger partial charge in [-0.05, 0) is 28.1 Å². The van der Waals surface area contributed by atoms with E-state index in [-0.39, 0.29) is 17.8 Å². The highest BCUT2D eigenvalue weighted by molar-refractivity contribution is 9.10. The molecule has 14 heavy (non-hydrogen) atoms. The third-order valence-corrected chi connectivity index (χ3v) is 2.36. The summed E-state index contributed by atoms with van der Waals surface area (Å²) in [4.78, 5) is 11.4. The van der Waals surface area contributed by atoms with Gasteiger partial charge in [-0.3, -0.25) is 4.79 Å². The van der Waals surface area contributed by atoms with Crippen LogP contribution in [0.4, 0.5) is 4.39 Å². The van der Waals surface area contributed by atoms with Gasteiger partial charge in [0.15, 0.2) is 5.78 Å². The van der Waals surface area contributed by atoms with Crippen molar-refractivity contribution in [2.45, 2.75) is 12.8 Å². The number of terminal acetylenes is 1. The van der Waals surface area contributed by atoms with Gasteiger partial charge < -0.3 is 0 Å². The average Bonchev–Trinajstić information content (AvgIpc) is 2.18. The molecule has 1 nitrogen and oxygen atoms in total. The smallest absolute Gasteiger partial charge is 0.166 e. The summed E-state index contributed by atoms with van der Waals surface area (Å²) in [6.07, 6.45) is 5.54. The third-order valence-electron chi connectivity index (χ3n) is 1.75. The first-order chi connectivity index (χ1) is 6.66. The van der Waals surface area contributed by atoms with Gasteiger partial charge in [-0.15, -0.1) is 12.3 Å². The van der Waals surface area contributed by atoms with E-state index in [1.165, 1.54) is 6.07 Å². The lowest BCUT2D eigenvalue weighted by Gasteiger charge is -2.01. The Kier molecular flexibility index (Phi) is 3.84. The van der Waals surface area contributed by atoms with E-state index < -0.39 is 5.82 Å². The summed E-state index contributed by atoms with van der Waals surface area (Å²) in [5, 5.41) is 0. The van der Waals surface area contributed by atoms with Gasteiger partial charge in [0.25, 0.3) is 0 Å². The molecule has 0 aliphatic carbocycles. The summed E-state index contributed by atoms with van der Waals surface area (Å²) < 4.78 is 13.7. The van der Waals surface area contributed by atoms with E-state index in [1.807, 2.05) is 0 Å². The number of Topliss-reactive ketones (excluding diaryl/α,β-unsaturated/α-hetero) is 1. The molecule has 0 unspecified atom stereocenters. The van der Waals surface area contributed by atoms with Crippen molar-refractivity contribution in [3.8, 4) is 12.3 Å². The normalized spacial score (nSPS) is 9.50. The molecular formula is C11H8BrFO. The van der Waals surface area contributed by atoms with Crippen LogP contribution in [0.1, 0.15) is 23.2 Å². The van der Waals surface area contributed by atoms with E-state index in [1.54, 1.807) is 12.1 Å². The standard InChI is InChI=1S/C11H8BrFO/c1-2-3-7-10(14)8-5-4-6-9(12)11(8)13/h1,4-6H,3,7H2. The molecule has 0 fully saturated rings. The summed E-state index contributed by atoms with van der Waals surface area (Å²) in [6, 6.07) is 4.63. The van der Waals surface area contributed by atoms with E-state index in [0.29, 0.717) is 10.9 Å². The van der Waals surface area contributed by atoms with Crippen molar-refractivity contribution in [1.82, 2.24) is 0 Å². The lowest BCUT2D eigenvalue weighted by molar-refractivity contribution is 0.0980. The van der Waals surface area contributed by atoms with Crippen LogP contribution in [-0.4, -0.2) is 5.78 Å². The van der Waals surface area contributed by atoms with Crippen molar-refractivity contribution < 1.29 is 9.18 Å². The maximum atomic E-state index is 13.4. The molecular weight excluding hydrogens is 247 g/mol. The topological polar surface area (TPSA) is 17.1 Å². The van der Waals surface area contributed by atoms with Crippen molar-refractivity contribution >= 4 is 21.7 Å². The van der Waals surface area contributed by atoms with Gasteiger partial charge in [0.2, 0.25) is 0 Å². The van der Waals surface area contributed by atoms with Crippen LogP contribution >= 0.6 is 15.9 Å². The van der Waals surface area contributed by atoms with Crippen LogP contribution in [0.15, 0.2) is 22.7 Å². The molecule has 1 aromatic rings. The van der Waals surface area contributed by atoms with Crippen LogP contribution in [0.25, 0.3) is 0 Å². The van der Waals surface area contributed by atoms with Crippen LogP contribution < -0.4 is 0 Å². The lowest BCUT2D eigenvalue weighted by Crippen LogP contribution is -2.02. The van der Waals surface area contributed by atoms with Crippen molar-refractivity contribution in [3.63, 3.8) is 0 Å². The fraction of sp³-hybridized carbons (Fsp3) is 0.182. The molecule has 1 aromatic carbocycles. The van der Waals surface area contributed by atoms with Crippen LogP contribution in [0.3, 0.4) is 0 Å². The molecule has 0 aliphatic heterocycles. The molecule has 0 N–H and O–H groups in total. The molecule has 1 rings (SSSR count). The van der Waals surface area contributed by atoms with Crippen molar-refractivity contribution in [1.29, 1.82) is 0 Å². The molecule has 0 aliphatic rings. The van der Waals surface area contributed by atoms with Crippen molar-refractivity contribution in [2.75, 3.05) is 0 Å².